The first-order valence-electron chi connectivity index (χ1n) is 10.8. The van der Waals surface area contributed by atoms with E-state index in [-0.39, 0.29) is 6.09 Å². The van der Waals surface area contributed by atoms with Crippen LogP contribution in [0.3, 0.4) is 0 Å². The molecule has 5 heteroatoms. The lowest BCUT2D eigenvalue weighted by Crippen LogP contribution is -2.35. The number of anilines is 1. The maximum Gasteiger partial charge on any atom is 0.414 e. The number of hydrogen-bond donors (Lipinski definition) is 1. The number of amides is 1. The van der Waals surface area contributed by atoms with Crippen molar-refractivity contribution in [3.63, 3.8) is 0 Å². The van der Waals surface area contributed by atoms with E-state index in [2.05, 4.69) is 50.4 Å². The summed E-state index contributed by atoms with van der Waals surface area (Å²) in [6.07, 6.45) is 1.74. The van der Waals surface area contributed by atoms with Crippen LogP contribution in [0.1, 0.15) is 42.4 Å². The standard InChI is InChI=1S/C17H24N2O3.C8H10/c1-12-10-18-16-4-3-14(9-15(12)16)22-17(20)19(2)11-13-5-7-21-8-6-13;1-7-4-3-5-8(2)6-7/h3-4,9,12-13,18H,5-8,10-11H2,1-2H3;3-6H,1-2H3. The summed E-state index contributed by atoms with van der Waals surface area (Å²) < 4.78 is 10.9. The highest BCUT2D eigenvalue weighted by molar-refractivity contribution is 5.71. The third kappa shape index (κ3) is 6.23. The number of carbonyl (C=O) groups excluding carboxylic acids is 1. The molecule has 2 aromatic rings. The summed E-state index contributed by atoms with van der Waals surface area (Å²) in [6.45, 7) is 9.63. The van der Waals surface area contributed by atoms with Gasteiger partial charge in [-0.2, -0.15) is 0 Å². The molecule has 2 aliphatic heterocycles. The van der Waals surface area contributed by atoms with Gasteiger partial charge in [0.25, 0.3) is 0 Å². The van der Waals surface area contributed by atoms with Crippen LogP contribution in [0, 0.1) is 19.8 Å². The van der Waals surface area contributed by atoms with Gasteiger partial charge in [-0.3, -0.25) is 0 Å². The fraction of sp³-hybridized carbons (Fsp3) is 0.480. The molecule has 1 atom stereocenters. The SMILES string of the molecule is CC1CNc2ccc(OC(=O)N(C)CC3CCOCC3)cc21.Cc1cccc(C)c1. The summed E-state index contributed by atoms with van der Waals surface area (Å²) in [6, 6.07) is 14.3. The average molecular weight is 411 g/mol. The second-order valence-electron chi connectivity index (χ2n) is 8.49. The summed E-state index contributed by atoms with van der Waals surface area (Å²) >= 11 is 0. The molecule has 0 aromatic heterocycles. The molecule has 0 saturated carbocycles. The van der Waals surface area contributed by atoms with Gasteiger partial charge in [-0.25, -0.2) is 4.79 Å². The number of rotatable bonds is 3. The molecule has 162 valence electrons. The molecule has 30 heavy (non-hydrogen) atoms. The van der Waals surface area contributed by atoms with Gasteiger partial charge in [0.15, 0.2) is 0 Å². The van der Waals surface area contributed by atoms with Gasteiger partial charge in [0.05, 0.1) is 0 Å². The summed E-state index contributed by atoms with van der Waals surface area (Å²) in [5.74, 6) is 1.59. The van der Waals surface area contributed by atoms with E-state index in [1.807, 2.05) is 18.2 Å². The van der Waals surface area contributed by atoms with Gasteiger partial charge >= 0.3 is 6.09 Å². The van der Waals surface area contributed by atoms with Crippen LogP contribution in [0.5, 0.6) is 5.75 Å². The Labute approximate surface area is 180 Å². The maximum absolute atomic E-state index is 12.2. The fourth-order valence-corrected chi connectivity index (χ4v) is 3.92. The van der Waals surface area contributed by atoms with E-state index in [1.165, 1.54) is 16.7 Å². The number of fused-ring (bicyclic) bond motifs is 1. The molecule has 2 aliphatic rings. The smallest absolute Gasteiger partial charge is 0.410 e. The molecular weight excluding hydrogens is 376 g/mol. The van der Waals surface area contributed by atoms with Crippen molar-refractivity contribution in [2.75, 3.05) is 38.7 Å². The molecule has 1 amide bonds. The summed E-state index contributed by atoms with van der Waals surface area (Å²) in [7, 11) is 1.80. The van der Waals surface area contributed by atoms with E-state index < -0.39 is 0 Å². The Hall–Kier alpha value is -2.53. The maximum atomic E-state index is 12.2. The highest BCUT2D eigenvalue weighted by Crippen LogP contribution is 2.34. The van der Waals surface area contributed by atoms with Crippen LogP contribution >= 0.6 is 0 Å². The Morgan fingerprint density at radius 1 is 1.13 bits per heavy atom. The van der Waals surface area contributed by atoms with Crippen LogP contribution in [0.4, 0.5) is 10.5 Å². The molecule has 1 saturated heterocycles. The number of hydrogen-bond acceptors (Lipinski definition) is 4. The second-order valence-corrected chi connectivity index (χ2v) is 8.49. The molecule has 1 unspecified atom stereocenters. The minimum absolute atomic E-state index is 0.287. The lowest BCUT2D eigenvalue weighted by atomic mass is 10.0. The predicted molar refractivity (Wildman–Crippen MR) is 121 cm³/mol. The molecule has 0 spiro atoms. The number of ether oxygens (including phenoxy) is 2. The highest BCUT2D eigenvalue weighted by Gasteiger charge is 2.22. The molecule has 0 bridgehead atoms. The molecule has 0 radical (unpaired) electrons. The molecule has 2 heterocycles. The molecule has 2 aromatic carbocycles. The van der Waals surface area contributed by atoms with Crippen LogP contribution in [-0.4, -0.2) is 44.3 Å². The number of benzene rings is 2. The third-order valence-electron chi connectivity index (χ3n) is 5.72. The Morgan fingerprint density at radius 2 is 1.83 bits per heavy atom. The van der Waals surface area contributed by atoms with Crippen molar-refractivity contribution in [3.05, 3.63) is 59.2 Å². The molecule has 1 fully saturated rings. The molecule has 5 nitrogen and oxygen atoms in total. The Balaban J connectivity index is 0.000000269. The number of nitrogens with one attached hydrogen (secondary N) is 1. The average Bonchev–Trinajstić information content (AvgIpc) is 3.09. The first-order valence-corrected chi connectivity index (χ1v) is 10.8. The van der Waals surface area contributed by atoms with Crippen molar-refractivity contribution in [1.29, 1.82) is 0 Å². The predicted octanol–water partition coefficient (Wildman–Crippen LogP) is 5.38. The summed E-state index contributed by atoms with van der Waals surface area (Å²) in [5, 5.41) is 3.34. The van der Waals surface area contributed by atoms with E-state index >= 15 is 0 Å². The van der Waals surface area contributed by atoms with Crippen molar-refractivity contribution < 1.29 is 14.3 Å². The third-order valence-corrected chi connectivity index (χ3v) is 5.72. The van der Waals surface area contributed by atoms with E-state index in [1.54, 1.807) is 11.9 Å². The van der Waals surface area contributed by atoms with E-state index in [0.29, 0.717) is 17.6 Å². The Morgan fingerprint density at radius 3 is 2.47 bits per heavy atom. The zero-order valence-corrected chi connectivity index (χ0v) is 18.6. The van der Waals surface area contributed by atoms with Gasteiger partial charge < -0.3 is 19.7 Å². The lowest BCUT2D eigenvalue weighted by Gasteiger charge is -2.26. The van der Waals surface area contributed by atoms with Gasteiger partial charge in [0.2, 0.25) is 0 Å². The first kappa shape index (κ1) is 22.2. The van der Waals surface area contributed by atoms with E-state index in [0.717, 1.165) is 44.8 Å². The van der Waals surface area contributed by atoms with Crippen molar-refractivity contribution in [3.8, 4) is 5.75 Å². The monoisotopic (exact) mass is 410 g/mol. The van der Waals surface area contributed by atoms with Crippen molar-refractivity contribution in [1.82, 2.24) is 4.90 Å². The first-order chi connectivity index (χ1) is 14.4. The van der Waals surface area contributed by atoms with Crippen LogP contribution in [0.2, 0.25) is 0 Å². The largest absolute Gasteiger partial charge is 0.414 e. The summed E-state index contributed by atoms with van der Waals surface area (Å²) in [4.78, 5) is 13.9. The van der Waals surface area contributed by atoms with Gasteiger partial charge in [0, 0.05) is 45.0 Å². The normalized spacial score (nSPS) is 17.9. The minimum Gasteiger partial charge on any atom is -0.410 e. The van der Waals surface area contributed by atoms with Crippen LogP contribution in [0.25, 0.3) is 0 Å². The zero-order valence-electron chi connectivity index (χ0n) is 18.6. The van der Waals surface area contributed by atoms with Crippen LogP contribution in [0.15, 0.2) is 42.5 Å². The molecule has 0 aliphatic carbocycles. The van der Waals surface area contributed by atoms with Crippen molar-refractivity contribution >= 4 is 11.8 Å². The number of carbonyl (C=O) groups is 1. The molecular formula is C25H34N2O3. The Bertz CT molecular complexity index is 829. The number of aryl methyl sites for hydroxylation is 2. The number of nitrogens with zero attached hydrogens (tertiary/aromatic N) is 1. The Kier molecular flexibility index (Phi) is 7.75. The lowest BCUT2D eigenvalue weighted by molar-refractivity contribution is 0.0559. The molecule has 4 rings (SSSR count). The quantitative estimate of drug-likeness (QED) is 0.738. The van der Waals surface area contributed by atoms with Crippen LogP contribution in [-0.2, 0) is 4.74 Å². The van der Waals surface area contributed by atoms with E-state index in [9.17, 15) is 4.79 Å². The fourth-order valence-electron chi connectivity index (χ4n) is 3.92. The van der Waals surface area contributed by atoms with E-state index in [4.69, 9.17) is 9.47 Å². The van der Waals surface area contributed by atoms with Gasteiger partial charge in [-0.15, -0.1) is 0 Å². The van der Waals surface area contributed by atoms with Crippen molar-refractivity contribution in [2.45, 2.75) is 39.5 Å². The topological polar surface area (TPSA) is 50.8 Å². The summed E-state index contributed by atoms with van der Waals surface area (Å²) in [5.41, 5.74) is 5.04. The van der Waals surface area contributed by atoms with Gasteiger partial charge in [-0.05, 0) is 56.4 Å². The minimum atomic E-state index is -0.287. The van der Waals surface area contributed by atoms with Gasteiger partial charge in [-0.1, -0.05) is 42.3 Å². The molecule has 1 N–H and O–H groups in total. The van der Waals surface area contributed by atoms with Gasteiger partial charge in [0.1, 0.15) is 5.75 Å². The zero-order chi connectivity index (χ0) is 21.5. The van der Waals surface area contributed by atoms with Crippen LogP contribution < -0.4 is 10.1 Å². The second kappa shape index (κ2) is 10.5. The van der Waals surface area contributed by atoms with Crippen molar-refractivity contribution in [2.24, 2.45) is 5.92 Å². The highest BCUT2D eigenvalue weighted by atomic mass is 16.6.